The second-order valence-corrected chi connectivity index (χ2v) is 6.54. The fourth-order valence-electron chi connectivity index (χ4n) is 3.00. The maximum atomic E-state index is 12.9. The van der Waals surface area contributed by atoms with E-state index in [0.717, 1.165) is 16.8 Å². The maximum Gasteiger partial charge on any atom is 0.239 e. The standard InChI is InChI=1S/C19H18ClFN2O2/c1-12-10-14(20)4-7-17(12)23-9-8-16(19(23)25)18(24)22-11-13-2-5-15(21)6-3-13/h2-7,10,16H,8-9,11H2,1H3,(H,22,24)/t16-/m1/s1. The summed E-state index contributed by atoms with van der Waals surface area (Å²) in [5.41, 5.74) is 2.46. The first kappa shape index (κ1) is 17.4. The molecule has 0 saturated carbocycles. The molecule has 1 aliphatic rings. The van der Waals surface area contributed by atoms with Crippen LogP contribution in [0.25, 0.3) is 0 Å². The van der Waals surface area contributed by atoms with E-state index in [0.29, 0.717) is 18.0 Å². The number of carbonyl (C=O) groups is 2. The van der Waals surface area contributed by atoms with Crippen molar-refractivity contribution in [3.63, 3.8) is 0 Å². The third-order valence-electron chi connectivity index (χ3n) is 4.35. The topological polar surface area (TPSA) is 49.4 Å². The van der Waals surface area contributed by atoms with Crippen molar-refractivity contribution in [2.45, 2.75) is 19.9 Å². The number of nitrogens with zero attached hydrogens (tertiary/aromatic N) is 1. The monoisotopic (exact) mass is 360 g/mol. The molecule has 0 aromatic heterocycles. The summed E-state index contributed by atoms with van der Waals surface area (Å²) in [5.74, 6) is -1.53. The molecule has 0 bridgehead atoms. The normalized spacial score (nSPS) is 17.0. The lowest BCUT2D eigenvalue weighted by atomic mass is 10.1. The molecule has 1 atom stereocenters. The van der Waals surface area contributed by atoms with E-state index in [2.05, 4.69) is 5.32 Å². The zero-order valence-corrected chi connectivity index (χ0v) is 14.5. The maximum absolute atomic E-state index is 12.9. The van der Waals surface area contributed by atoms with Crippen LogP contribution in [0.4, 0.5) is 10.1 Å². The van der Waals surface area contributed by atoms with E-state index in [1.165, 1.54) is 12.1 Å². The first-order valence-electron chi connectivity index (χ1n) is 8.05. The van der Waals surface area contributed by atoms with Crippen molar-refractivity contribution < 1.29 is 14.0 Å². The summed E-state index contributed by atoms with van der Waals surface area (Å²) < 4.78 is 12.9. The lowest BCUT2D eigenvalue weighted by Crippen LogP contribution is -2.36. The highest BCUT2D eigenvalue weighted by molar-refractivity contribution is 6.30. The van der Waals surface area contributed by atoms with E-state index in [9.17, 15) is 14.0 Å². The molecule has 2 aromatic carbocycles. The quantitative estimate of drug-likeness (QED) is 0.849. The van der Waals surface area contributed by atoms with Gasteiger partial charge in [0.15, 0.2) is 0 Å². The zero-order valence-electron chi connectivity index (χ0n) is 13.8. The molecule has 0 aliphatic carbocycles. The van der Waals surface area contributed by atoms with Gasteiger partial charge in [-0.2, -0.15) is 0 Å². The Kier molecular flexibility index (Phi) is 5.04. The van der Waals surface area contributed by atoms with Gasteiger partial charge in [-0.05, 0) is 54.8 Å². The average Bonchev–Trinajstić information content (AvgIpc) is 2.96. The van der Waals surface area contributed by atoms with Gasteiger partial charge in [-0.3, -0.25) is 9.59 Å². The van der Waals surface area contributed by atoms with Gasteiger partial charge in [-0.15, -0.1) is 0 Å². The summed E-state index contributed by atoms with van der Waals surface area (Å²) in [6.07, 6.45) is 0.468. The molecular weight excluding hydrogens is 343 g/mol. The van der Waals surface area contributed by atoms with Gasteiger partial charge in [0, 0.05) is 23.8 Å². The van der Waals surface area contributed by atoms with Crippen molar-refractivity contribution in [3.05, 3.63) is 64.4 Å². The number of rotatable bonds is 4. The van der Waals surface area contributed by atoms with Crippen LogP contribution in [0.1, 0.15) is 17.5 Å². The first-order chi connectivity index (χ1) is 12.0. The van der Waals surface area contributed by atoms with Gasteiger partial charge < -0.3 is 10.2 Å². The fourth-order valence-corrected chi connectivity index (χ4v) is 3.23. The highest BCUT2D eigenvalue weighted by Gasteiger charge is 2.37. The van der Waals surface area contributed by atoms with Crippen LogP contribution in [-0.2, 0) is 16.1 Å². The molecule has 1 saturated heterocycles. The highest BCUT2D eigenvalue weighted by atomic mass is 35.5. The molecule has 0 unspecified atom stereocenters. The molecule has 130 valence electrons. The van der Waals surface area contributed by atoms with E-state index < -0.39 is 5.92 Å². The van der Waals surface area contributed by atoms with Crippen LogP contribution in [0, 0.1) is 18.7 Å². The zero-order chi connectivity index (χ0) is 18.0. The molecular formula is C19H18ClFN2O2. The molecule has 4 nitrogen and oxygen atoms in total. The number of amides is 2. The van der Waals surface area contributed by atoms with Crippen LogP contribution in [0.2, 0.25) is 5.02 Å². The second-order valence-electron chi connectivity index (χ2n) is 6.11. The van der Waals surface area contributed by atoms with Crippen LogP contribution in [0.5, 0.6) is 0 Å². The van der Waals surface area contributed by atoms with Crippen molar-refractivity contribution >= 4 is 29.1 Å². The van der Waals surface area contributed by atoms with Crippen LogP contribution < -0.4 is 10.2 Å². The van der Waals surface area contributed by atoms with Crippen molar-refractivity contribution in [3.8, 4) is 0 Å². The Morgan fingerprint density at radius 1 is 1.28 bits per heavy atom. The molecule has 1 N–H and O–H groups in total. The lowest BCUT2D eigenvalue weighted by molar-refractivity contribution is -0.132. The van der Waals surface area contributed by atoms with Crippen molar-refractivity contribution in [2.75, 3.05) is 11.4 Å². The number of halogens is 2. The van der Waals surface area contributed by atoms with Crippen LogP contribution in [0.15, 0.2) is 42.5 Å². The molecule has 0 radical (unpaired) electrons. The third-order valence-corrected chi connectivity index (χ3v) is 4.59. The second kappa shape index (κ2) is 7.23. The highest BCUT2D eigenvalue weighted by Crippen LogP contribution is 2.29. The molecule has 0 spiro atoms. The lowest BCUT2D eigenvalue weighted by Gasteiger charge is -2.19. The number of carbonyl (C=O) groups excluding carboxylic acids is 2. The van der Waals surface area contributed by atoms with Gasteiger partial charge in [0.2, 0.25) is 11.8 Å². The molecule has 1 fully saturated rings. The van der Waals surface area contributed by atoms with E-state index in [-0.39, 0.29) is 24.2 Å². The van der Waals surface area contributed by atoms with Crippen LogP contribution >= 0.6 is 11.6 Å². The Morgan fingerprint density at radius 2 is 2.00 bits per heavy atom. The minimum atomic E-state index is -0.699. The first-order valence-corrected chi connectivity index (χ1v) is 8.43. The molecule has 3 rings (SSSR count). The number of nitrogens with one attached hydrogen (secondary N) is 1. The predicted octanol–water partition coefficient (Wildman–Crippen LogP) is 3.46. The Balaban J connectivity index is 1.64. The van der Waals surface area contributed by atoms with Gasteiger partial charge in [0.1, 0.15) is 11.7 Å². The minimum Gasteiger partial charge on any atom is -0.351 e. The molecule has 1 aliphatic heterocycles. The Morgan fingerprint density at radius 3 is 2.68 bits per heavy atom. The largest absolute Gasteiger partial charge is 0.351 e. The number of aryl methyl sites for hydroxylation is 1. The van der Waals surface area contributed by atoms with Gasteiger partial charge in [-0.1, -0.05) is 23.7 Å². The SMILES string of the molecule is Cc1cc(Cl)ccc1N1CC[C@H](C(=O)NCc2ccc(F)cc2)C1=O. The van der Waals surface area contributed by atoms with Crippen molar-refractivity contribution in [2.24, 2.45) is 5.92 Å². The Hall–Kier alpha value is -2.40. The van der Waals surface area contributed by atoms with E-state index in [4.69, 9.17) is 11.6 Å². The van der Waals surface area contributed by atoms with E-state index >= 15 is 0 Å². The number of anilines is 1. The molecule has 6 heteroatoms. The average molecular weight is 361 g/mol. The number of hydrogen-bond acceptors (Lipinski definition) is 2. The van der Waals surface area contributed by atoms with Crippen molar-refractivity contribution in [1.29, 1.82) is 0 Å². The summed E-state index contributed by atoms with van der Waals surface area (Å²) in [6.45, 7) is 2.65. The van der Waals surface area contributed by atoms with Crippen molar-refractivity contribution in [1.82, 2.24) is 5.32 Å². The summed E-state index contributed by atoms with van der Waals surface area (Å²) in [4.78, 5) is 26.6. The summed E-state index contributed by atoms with van der Waals surface area (Å²) in [6, 6.07) is 11.2. The van der Waals surface area contributed by atoms with Crippen LogP contribution in [-0.4, -0.2) is 18.4 Å². The fraction of sp³-hybridized carbons (Fsp3) is 0.263. The number of benzene rings is 2. The summed E-state index contributed by atoms with van der Waals surface area (Å²) in [5, 5.41) is 3.37. The summed E-state index contributed by atoms with van der Waals surface area (Å²) >= 11 is 5.96. The predicted molar refractivity (Wildman–Crippen MR) is 94.9 cm³/mol. The van der Waals surface area contributed by atoms with Gasteiger partial charge >= 0.3 is 0 Å². The van der Waals surface area contributed by atoms with E-state index in [1.54, 1.807) is 35.2 Å². The molecule has 25 heavy (non-hydrogen) atoms. The summed E-state index contributed by atoms with van der Waals surface area (Å²) in [7, 11) is 0. The van der Waals surface area contributed by atoms with Crippen LogP contribution in [0.3, 0.4) is 0 Å². The number of hydrogen-bond donors (Lipinski definition) is 1. The van der Waals surface area contributed by atoms with Gasteiger partial charge in [-0.25, -0.2) is 4.39 Å². The Labute approximate surface area is 150 Å². The molecule has 1 heterocycles. The molecule has 2 aromatic rings. The smallest absolute Gasteiger partial charge is 0.239 e. The molecule has 2 amide bonds. The van der Waals surface area contributed by atoms with E-state index in [1.807, 2.05) is 6.92 Å². The third kappa shape index (κ3) is 3.82. The minimum absolute atomic E-state index is 0.206. The Bertz CT molecular complexity index is 808. The van der Waals surface area contributed by atoms with Gasteiger partial charge in [0.25, 0.3) is 0 Å². The van der Waals surface area contributed by atoms with Gasteiger partial charge in [0.05, 0.1) is 0 Å².